The van der Waals surface area contributed by atoms with Crippen LogP contribution in [0.2, 0.25) is 0 Å². The van der Waals surface area contributed by atoms with Crippen LogP contribution in [0.15, 0.2) is 18.2 Å². The molecule has 0 aromatic heterocycles. The zero-order valence-corrected chi connectivity index (χ0v) is 12.3. The minimum absolute atomic E-state index is 0.0888. The van der Waals surface area contributed by atoms with E-state index in [4.69, 9.17) is 4.74 Å². The quantitative estimate of drug-likeness (QED) is 0.848. The van der Waals surface area contributed by atoms with Crippen LogP contribution < -0.4 is 4.74 Å². The topological polar surface area (TPSA) is 29.5 Å². The molecule has 0 amide bonds. The SMILES string of the molecule is CCCOc1ccc(C(C)(C)C)cc1C(O)CC. The van der Waals surface area contributed by atoms with Crippen molar-refractivity contribution in [1.29, 1.82) is 0 Å². The molecular formula is C16H26O2. The number of hydrogen-bond donors (Lipinski definition) is 1. The van der Waals surface area contributed by atoms with Gasteiger partial charge in [-0.15, -0.1) is 0 Å². The largest absolute Gasteiger partial charge is 0.493 e. The van der Waals surface area contributed by atoms with Crippen molar-refractivity contribution in [2.24, 2.45) is 0 Å². The van der Waals surface area contributed by atoms with Gasteiger partial charge in [-0.05, 0) is 36.0 Å². The predicted octanol–water partition coefficient (Wildman–Crippen LogP) is 4.22. The molecule has 0 radical (unpaired) electrons. The lowest BCUT2D eigenvalue weighted by Crippen LogP contribution is -2.13. The molecule has 1 atom stereocenters. The van der Waals surface area contributed by atoms with Gasteiger partial charge < -0.3 is 9.84 Å². The standard InChI is InChI=1S/C16H26O2/c1-6-10-18-15-9-8-12(16(3,4)5)11-13(15)14(17)7-2/h8-9,11,14,17H,6-7,10H2,1-5H3. The Morgan fingerprint density at radius 3 is 2.39 bits per heavy atom. The normalized spacial score (nSPS) is 13.4. The molecule has 0 aliphatic carbocycles. The number of rotatable bonds is 5. The Hall–Kier alpha value is -1.02. The Labute approximate surface area is 111 Å². The fourth-order valence-electron chi connectivity index (χ4n) is 1.84. The molecule has 0 spiro atoms. The van der Waals surface area contributed by atoms with Gasteiger partial charge in [-0.25, -0.2) is 0 Å². The van der Waals surface area contributed by atoms with Crippen LogP contribution in [0.1, 0.15) is 64.7 Å². The van der Waals surface area contributed by atoms with Crippen LogP contribution in [0.25, 0.3) is 0 Å². The first-order valence-electron chi connectivity index (χ1n) is 6.85. The number of hydrogen-bond acceptors (Lipinski definition) is 2. The summed E-state index contributed by atoms with van der Waals surface area (Å²) in [6.07, 6.45) is 1.23. The first-order valence-corrected chi connectivity index (χ1v) is 6.85. The molecule has 2 nitrogen and oxygen atoms in total. The molecule has 0 saturated carbocycles. The van der Waals surface area contributed by atoms with E-state index < -0.39 is 6.10 Å². The Balaban J connectivity index is 3.12. The Kier molecular flexibility index (Phi) is 5.21. The predicted molar refractivity (Wildman–Crippen MR) is 76.2 cm³/mol. The molecule has 1 aromatic carbocycles. The van der Waals surface area contributed by atoms with E-state index in [9.17, 15) is 5.11 Å². The summed E-state index contributed by atoms with van der Waals surface area (Å²) in [4.78, 5) is 0. The van der Waals surface area contributed by atoms with E-state index in [1.54, 1.807) is 0 Å². The summed E-state index contributed by atoms with van der Waals surface area (Å²) in [6, 6.07) is 6.17. The second-order valence-corrected chi connectivity index (χ2v) is 5.78. The zero-order valence-electron chi connectivity index (χ0n) is 12.3. The molecule has 18 heavy (non-hydrogen) atoms. The molecule has 102 valence electrons. The molecule has 1 N–H and O–H groups in total. The van der Waals surface area contributed by atoms with Crippen molar-refractivity contribution in [1.82, 2.24) is 0 Å². The van der Waals surface area contributed by atoms with Crippen molar-refractivity contribution >= 4 is 0 Å². The van der Waals surface area contributed by atoms with E-state index in [1.807, 2.05) is 13.0 Å². The third-order valence-electron chi connectivity index (χ3n) is 3.08. The van der Waals surface area contributed by atoms with Crippen LogP contribution >= 0.6 is 0 Å². The van der Waals surface area contributed by atoms with Crippen LogP contribution in [0.5, 0.6) is 5.75 Å². The van der Waals surface area contributed by atoms with Gasteiger partial charge in [-0.1, -0.05) is 40.7 Å². The fourth-order valence-corrected chi connectivity index (χ4v) is 1.84. The first-order chi connectivity index (χ1) is 8.40. The van der Waals surface area contributed by atoms with Crippen LogP contribution in [-0.4, -0.2) is 11.7 Å². The Morgan fingerprint density at radius 1 is 1.22 bits per heavy atom. The first kappa shape index (κ1) is 15.0. The molecule has 0 bridgehead atoms. The maximum absolute atomic E-state index is 10.1. The summed E-state index contributed by atoms with van der Waals surface area (Å²) in [7, 11) is 0. The second-order valence-electron chi connectivity index (χ2n) is 5.78. The van der Waals surface area contributed by atoms with E-state index in [0.717, 1.165) is 17.7 Å². The Bertz CT molecular complexity index is 377. The second kappa shape index (κ2) is 6.24. The lowest BCUT2D eigenvalue weighted by Gasteiger charge is -2.23. The lowest BCUT2D eigenvalue weighted by atomic mass is 9.85. The van der Waals surface area contributed by atoms with Crippen LogP contribution in [0, 0.1) is 0 Å². The highest BCUT2D eigenvalue weighted by atomic mass is 16.5. The molecule has 0 saturated heterocycles. The molecule has 0 fully saturated rings. The van der Waals surface area contributed by atoms with Gasteiger partial charge >= 0.3 is 0 Å². The van der Waals surface area contributed by atoms with Gasteiger partial charge in [0.2, 0.25) is 0 Å². The van der Waals surface area contributed by atoms with Gasteiger partial charge in [0.15, 0.2) is 0 Å². The summed E-state index contributed by atoms with van der Waals surface area (Å²) < 4.78 is 5.72. The zero-order chi connectivity index (χ0) is 13.8. The van der Waals surface area contributed by atoms with E-state index >= 15 is 0 Å². The summed E-state index contributed by atoms with van der Waals surface area (Å²) >= 11 is 0. The average molecular weight is 250 g/mol. The highest BCUT2D eigenvalue weighted by Crippen LogP contribution is 2.32. The lowest BCUT2D eigenvalue weighted by molar-refractivity contribution is 0.167. The molecule has 2 heteroatoms. The van der Waals surface area contributed by atoms with Gasteiger partial charge in [0.05, 0.1) is 12.7 Å². The minimum atomic E-state index is -0.445. The van der Waals surface area contributed by atoms with Gasteiger partial charge in [0, 0.05) is 5.56 Å². The minimum Gasteiger partial charge on any atom is -0.493 e. The highest BCUT2D eigenvalue weighted by molar-refractivity contribution is 5.41. The molecule has 1 aromatic rings. The van der Waals surface area contributed by atoms with Gasteiger partial charge in [-0.3, -0.25) is 0 Å². The number of ether oxygens (including phenoxy) is 1. The summed E-state index contributed by atoms with van der Waals surface area (Å²) in [6.45, 7) is 11.3. The molecule has 0 heterocycles. The third kappa shape index (κ3) is 3.74. The van der Waals surface area contributed by atoms with E-state index in [-0.39, 0.29) is 5.41 Å². The fraction of sp³-hybridized carbons (Fsp3) is 0.625. The smallest absolute Gasteiger partial charge is 0.125 e. The van der Waals surface area contributed by atoms with Crippen molar-refractivity contribution < 1.29 is 9.84 Å². The van der Waals surface area contributed by atoms with Crippen molar-refractivity contribution in [3.63, 3.8) is 0 Å². The van der Waals surface area contributed by atoms with Crippen molar-refractivity contribution in [2.45, 2.75) is 59.0 Å². The van der Waals surface area contributed by atoms with Crippen LogP contribution in [0.3, 0.4) is 0 Å². The van der Waals surface area contributed by atoms with E-state index in [1.165, 1.54) is 5.56 Å². The third-order valence-corrected chi connectivity index (χ3v) is 3.08. The summed E-state index contributed by atoms with van der Waals surface area (Å²) in [5, 5.41) is 10.1. The molecule has 0 aliphatic rings. The number of aliphatic hydroxyl groups is 1. The van der Waals surface area contributed by atoms with Gasteiger partial charge in [0.1, 0.15) is 5.75 Å². The molecular weight excluding hydrogens is 224 g/mol. The monoisotopic (exact) mass is 250 g/mol. The van der Waals surface area contributed by atoms with Crippen molar-refractivity contribution in [3.8, 4) is 5.75 Å². The van der Waals surface area contributed by atoms with Crippen molar-refractivity contribution in [2.75, 3.05) is 6.61 Å². The molecule has 0 aliphatic heterocycles. The number of benzene rings is 1. The molecule has 1 rings (SSSR count). The van der Waals surface area contributed by atoms with E-state index in [2.05, 4.69) is 39.8 Å². The van der Waals surface area contributed by atoms with Gasteiger partial charge in [-0.2, -0.15) is 0 Å². The van der Waals surface area contributed by atoms with Gasteiger partial charge in [0.25, 0.3) is 0 Å². The van der Waals surface area contributed by atoms with Crippen LogP contribution in [-0.2, 0) is 5.41 Å². The summed E-state index contributed by atoms with van der Waals surface area (Å²) in [5.74, 6) is 0.819. The van der Waals surface area contributed by atoms with Crippen LogP contribution in [0.4, 0.5) is 0 Å². The average Bonchev–Trinajstić information content (AvgIpc) is 2.34. The summed E-state index contributed by atoms with van der Waals surface area (Å²) in [5.41, 5.74) is 2.23. The highest BCUT2D eigenvalue weighted by Gasteiger charge is 2.18. The maximum atomic E-state index is 10.1. The number of aliphatic hydroxyl groups excluding tert-OH is 1. The van der Waals surface area contributed by atoms with Crippen molar-refractivity contribution in [3.05, 3.63) is 29.3 Å². The molecule has 1 unspecified atom stereocenters. The Morgan fingerprint density at radius 2 is 1.89 bits per heavy atom. The maximum Gasteiger partial charge on any atom is 0.125 e. The van der Waals surface area contributed by atoms with E-state index in [0.29, 0.717) is 13.0 Å².